The molecule has 0 saturated carbocycles. The second-order valence-corrected chi connectivity index (χ2v) is 8.06. The first kappa shape index (κ1) is 20.9. The summed E-state index contributed by atoms with van der Waals surface area (Å²) in [5, 5.41) is 0. The van der Waals surface area contributed by atoms with Crippen LogP contribution in [0, 0.1) is 6.92 Å². The molecule has 1 saturated heterocycles. The number of hydrogen-bond donors (Lipinski definition) is 0. The predicted molar refractivity (Wildman–Crippen MR) is 121 cm³/mol. The molecule has 1 heterocycles. The number of imide groups is 1. The van der Waals surface area contributed by atoms with E-state index in [1.807, 2.05) is 79.7 Å². The molecule has 4 rings (SSSR count). The van der Waals surface area contributed by atoms with Crippen LogP contribution in [0.25, 0.3) is 0 Å². The van der Waals surface area contributed by atoms with E-state index in [0.717, 1.165) is 28.7 Å². The lowest BCUT2D eigenvalue weighted by atomic mass is 9.90. The van der Waals surface area contributed by atoms with Crippen LogP contribution >= 0.6 is 0 Å². The van der Waals surface area contributed by atoms with Gasteiger partial charge >= 0.3 is 6.09 Å². The Kier molecular flexibility index (Phi) is 6.17. The first-order valence-corrected chi connectivity index (χ1v) is 10.8. The highest BCUT2D eigenvalue weighted by atomic mass is 16.6. The van der Waals surface area contributed by atoms with Gasteiger partial charge in [0.1, 0.15) is 6.04 Å². The molecule has 3 atom stereocenters. The predicted octanol–water partition coefficient (Wildman–Crippen LogP) is 6.34. The van der Waals surface area contributed by atoms with Crippen molar-refractivity contribution in [3.05, 3.63) is 107 Å². The number of rotatable bonds is 6. The Hall–Kier alpha value is -3.40. The highest BCUT2D eigenvalue weighted by Gasteiger charge is 2.47. The van der Waals surface area contributed by atoms with Gasteiger partial charge in [-0.15, -0.1) is 0 Å². The summed E-state index contributed by atoms with van der Waals surface area (Å²) >= 11 is 0. The molecular weight excluding hydrogens is 386 g/mol. The third kappa shape index (κ3) is 4.38. The van der Waals surface area contributed by atoms with Crippen LogP contribution in [0.15, 0.2) is 84.9 Å². The van der Waals surface area contributed by atoms with Crippen molar-refractivity contribution >= 4 is 12.0 Å². The number of hydrogen-bond acceptors (Lipinski definition) is 3. The molecule has 0 spiro atoms. The van der Waals surface area contributed by atoms with E-state index in [2.05, 4.69) is 19.1 Å². The van der Waals surface area contributed by atoms with Crippen molar-refractivity contribution in [1.82, 2.24) is 4.90 Å². The first-order valence-electron chi connectivity index (χ1n) is 10.8. The van der Waals surface area contributed by atoms with Crippen LogP contribution in [-0.4, -0.2) is 16.9 Å². The number of benzene rings is 3. The van der Waals surface area contributed by atoms with Crippen LogP contribution in [0.2, 0.25) is 0 Å². The summed E-state index contributed by atoms with van der Waals surface area (Å²) < 4.78 is 5.75. The smallest absolute Gasteiger partial charge is 0.417 e. The fraction of sp³-hybridized carbons (Fsp3) is 0.259. The minimum atomic E-state index is -0.577. The lowest BCUT2D eigenvalue weighted by molar-refractivity contribution is -0.129. The van der Waals surface area contributed by atoms with Gasteiger partial charge in [-0.25, -0.2) is 9.69 Å². The zero-order chi connectivity index (χ0) is 21.8. The highest BCUT2D eigenvalue weighted by Crippen LogP contribution is 2.44. The number of aryl methyl sites for hydroxylation is 1. The molecule has 0 aliphatic carbocycles. The average Bonchev–Trinajstić information content (AvgIpc) is 3.15. The largest absolute Gasteiger partial charge is 0.438 e. The third-order valence-electron chi connectivity index (χ3n) is 5.95. The Balaban J connectivity index is 1.66. The van der Waals surface area contributed by atoms with Crippen molar-refractivity contribution in [2.45, 2.75) is 44.8 Å². The molecule has 1 aliphatic heterocycles. The third-order valence-corrected chi connectivity index (χ3v) is 5.95. The lowest BCUT2D eigenvalue weighted by Crippen LogP contribution is -2.35. The Bertz CT molecular complexity index is 1050. The van der Waals surface area contributed by atoms with Crippen molar-refractivity contribution in [1.29, 1.82) is 0 Å². The van der Waals surface area contributed by atoms with Crippen molar-refractivity contribution in [3.63, 3.8) is 0 Å². The number of carbonyl (C=O) groups is 2. The highest BCUT2D eigenvalue weighted by molar-refractivity contribution is 5.94. The van der Waals surface area contributed by atoms with Gasteiger partial charge in [-0.05, 0) is 36.0 Å². The monoisotopic (exact) mass is 413 g/mol. The average molecular weight is 414 g/mol. The molecule has 0 N–H and O–H groups in total. The van der Waals surface area contributed by atoms with Crippen LogP contribution in [0.3, 0.4) is 0 Å². The molecule has 1 aliphatic rings. The van der Waals surface area contributed by atoms with E-state index in [1.165, 1.54) is 4.90 Å². The van der Waals surface area contributed by atoms with Crippen LogP contribution in [0.1, 0.15) is 60.1 Å². The maximum absolute atomic E-state index is 13.5. The molecule has 4 nitrogen and oxygen atoms in total. The molecule has 3 aromatic rings. The summed E-state index contributed by atoms with van der Waals surface area (Å²) in [5.74, 6) is -0.155. The van der Waals surface area contributed by atoms with E-state index in [-0.39, 0.29) is 18.2 Å². The molecule has 0 unspecified atom stereocenters. The van der Waals surface area contributed by atoms with Crippen LogP contribution < -0.4 is 0 Å². The van der Waals surface area contributed by atoms with Gasteiger partial charge in [-0.2, -0.15) is 0 Å². The SMILES string of the molecule is CC[C@H](CC(=O)N1C(=O)O[C@H](c2ccccc2)[C@@H]1c1ccccc1)c1cccc(C)c1. The zero-order valence-electron chi connectivity index (χ0n) is 17.9. The summed E-state index contributed by atoms with van der Waals surface area (Å²) in [6, 6.07) is 27.0. The fourth-order valence-corrected chi connectivity index (χ4v) is 4.33. The molecule has 2 amide bonds. The topological polar surface area (TPSA) is 46.6 Å². The van der Waals surface area contributed by atoms with Gasteiger partial charge in [0.2, 0.25) is 5.91 Å². The zero-order valence-corrected chi connectivity index (χ0v) is 17.9. The number of cyclic esters (lactones) is 1. The van der Waals surface area contributed by atoms with Gasteiger partial charge in [-0.3, -0.25) is 4.79 Å². The molecule has 0 radical (unpaired) electrons. The number of nitrogens with zero attached hydrogens (tertiary/aromatic N) is 1. The van der Waals surface area contributed by atoms with Gasteiger partial charge < -0.3 is 4.74 Å². The normalized spacial score (nSPS) is 19.2. The minimum absolute atomic E-state index is 0.0485. The number of carbonyl (C=O) groups excluding carboxylic acids is 2. The second-order valence-electron chi connectivity index (χ2n) is 8.06. The number of amides is 2. The van der Waals surface area contributed by atoms with Crippen molar-refractivity contribution < 1.29 is 14.3 Å². The van der Waals surface area contributed by atoms with E-state index < -0.39 is 18.2 Å². The van der Waals surface area contributed by atoms with Gasteiger partial charge in [0.15, 0.2) is 6.10 Å². The van der Waals surface area contributed by atoms with Crippen LogP contribution in [-0.2, 0) is 9.53 Å². The maximum atomic E-state index is 13.5. The summed E-state index contributed by atoms with van der Waals surface area (Å²) in [6.07, 6.45) is -0.0262. The van der Waals surface area contributed by atoms with E-state index in [0.29, 0.717) is 0 Å². The van der Waals surface area contributed by atoms with Crippen molar-refractivity contribution in [2.75, 3.05) is 0 Å². The Labute approximate surface area is 183 Å². The summed E-state index contributed by atoms with van der Waals surface area (Å²) in [6.45, 7) is 4.12. The van der Waals surface area contributed by atoms with E-state index in [1.54, 1.807) is 0 Å². The van der Waals surface area contributed by atoms with E-state index in [9.17, 15) is 9.59 Å². The quantitative estimate of drug-likeness (QED) is 0.474. The molecule has 31 heavy (non-hydrogen) atoms. The Morgan fingerprint density at radius 2 is 1.58 bits per heavy atom. The Morgan fingerprint density at radius 1 is 0.935 bits per heavy atom. The second kappa shape index (κ2) is 9.17. The van der Waals surface area contributed by atoms with E-state index in [4.69, 9.17) is 4.74 Å². The molecule has 0 bridgehead atoms. The molecule has 158 valence electrons. The van der Waals surface area contributed by atoms with Gasteiger partial charge in [0.25, 0.3) is 0 Å². The molecule has 1 fully saturated rings. The summed E-state index contributed by atoms with van der Waals surface area (Å²) in [7, 11) is 0. The number of ether oxygens (including phenoxy) is 1. The minimum Gasteiger partial charge on any atom is -0.438 e. The van der Waals surface area contributed by atoms with Crippen molar-refractivity contribution in [2.24, 2.45) is 0 Å². The van der Waals surface area contributed by atoms with Crippen LogP contribution in [0.4, 0.5) is 4.79 Å². The standard InChI is InChI=1S/C27H27NO3/c1-3-20(23-16-10-11-19(2)17-23)18-24(29)28-25(21-12-6-4-7-13-21)26(31-27(28)30)22-14-8-5-9-15-22/h4-17,20,25-26H,3,18H2,1-2H3/t20-,25+,26-/m1/s1. The Morgan fingerprint density at radius 3 is 2.19 bits per heavy atom. The maximum Gasteiger partial charge on any atom is 0.417 e. The summed E-state index contributed by atoms with van der Waals surface area (Å²) in [5.41, 5.74) is 4.06. The lowest BCUT2D eigenvalue weighted by Gasteiger charge is -2.25. The molecule has 0 aromatic heterocycles. The molecular formula is C27H27NO3. The van der Waals surface area contributed by atoms with Gasteiger partial charge in [0.05, 0.1) is 0 Å². The fourth-order valence-electron chi connectivity index (χ4n) is 4.33. The van der Waals surface area contributed by atoms with E-state index >= 15 is 0 Å². The van der Waals surface area contributed by atoms with Gasteiger partial charge in [-0.1, -0.05) is 97.4 Å². The molecule has 4 heteroatoms. The van der Waals surface area contributed by atoms with Crippen LogP contribution in [0.5, 0.6) is 0 Å². The van der Waals surface area contributed by atoms with Gasteiger partial charge in [0, 0.05) is 6.42 Å². The first-order chi connectivity index (χ1) is 15.1. The van der Waals surface area contributed by atoms with Crippen molar-refractivity contribution in [3.8, 4) is 0 Å². The molecule has 3 aromatic carbocycles. The summed E-state index contributed by atoms with van der Waals surface area (Å²) in [4.78, 5) is 27.7.